The Kier molecular flexibility index (Phi) is 6.37. The lowest BCUT2D eigenvalue weighted by Gasteiger charge is -2.21. The SMILES string of the molecule is N/C(=N\c1ncc(CCCl)cn1)C(=O)N1CC2CC(c3ccccc3C(F)(F)F)CC2C1. The number of likely N-dealkylation sites (tertiary alicyclic amines) is 1. The molecule has 6 nitrogen and oxygen atoms in total. The molecule has 2 atom stereocenters. The second kappa shape index (κ2) is 9.05. The van der Waals surface area contributed by atoms with Crippen LogP contribution in [0, 0.1) is 11.8 Å². The first kappa shape index (κ1) is 22.5. The molecule has 2 fully saturated rings. The maximum absolute atomic E-state index is 13.4. The maximum atomic E-state index is 13.4. The monoisotopic (exact) mass is 465 g/mol. The van der Waals surface area contributed by atoms with Crippen molar-refractivity contribution in [2.24, 2.45) is 22.6 Å². The van der Waals surface area contributed by atoms with Gasteiger partial charge in [-0.3, -0.25) is 4.79 Å². The summed E-state index contributed by atoms with van der Waals surface area (Å²) in [6.07, 6.45) is 0.667. The molecule has 32 heavy (non-hydrogen) atoms. The van der Waals surface area contributed by atoms with Crippen molar-refractivity contribution >= 4 is 29.3 Å². The van der Waals surface area contributed by atoms with E-state index in [1.807, 2.05) is 0 Å². The number of hydrogen-bond acceptors (Lipinski definition) is 4. The maximum Gasteiger partial charge on any atom is 0.416 e. The van der Waals surface area contributed by atoms with Crippen LogP contribution >= 0.6 is 11.6 Å². The standard InChI is InChI=1S/C22H23ClF3N5O/c23-6-5-13-9-28-21(29-10-13)30-19(27)20(32)31-11-15-7-14(8-16(15)12-31)17-3-1-2-4-18(17)22(24,25)26/h1-4,9-10,14-16H,5-8,11-12H2,(H2,27,28,29,30). The lowest BCUT2D eigenvalue weighted by Crippen LogP contribution is -2.39. The molecule has 2 aromatic rings. The number of carbonyl (C=O) groups excluding carboxylic acids is 1. The number of carbonyl (C=O) groups is 1. The summed E-state index contributed by atoms with van der Waals surface area (Å²) in [5.41, 5.74) is 6.54. The Morgan fingerprint density at radius 1 is 1.16 bits per heavy atom. The number of amides is 1. The first-order valence-corrected chi connectivity index (χ1v) is 11.0. The van der Waals surface area contributed by atoms with Gasteiger partial charge in [0.25, 0.3) is 11.9 Å². The molecule has 1 amide bonds. The minimum absolute atomic E-state index is 0.0948. The van der Waals surface area contributed by atoms with Crippen LogP contribution in [-0.2, 0) is 17.4 Å². The number of hydrogen-bond donors (Lipinski definition) is 1. The van der Waals surface area contributed by atoms with Crippen molar-refractivity contribution in [2.75, 3.05) is 19.0 Å². The van der Waals surface area contributed by atoms with E-state index < -0.39 is 17.6 Å². The highest BCUT2D eigenvalue weighted by molar-refractivity contribution is 6.37. The first-order valence-electron chi connectivity index (χ1n) is 10.4. The average Bonchev–Trinajstić information content (AvgIpc) is 3.33. The summed E-state index contributed by atoms with van der Waals surface area (Å²) in [7, 11) is 0. The Balaban J connectivity index is 1.40. The summed E-state index contributed by atoms with van der Waals surface area (Å²) in [6, 6.07) is 5.77. The van der Waals surface area contributed by atoms with Gasteiger partial charge in [0.05, 0.1) is 5.56 Å². The van der Waals surface area contributed by atoms with Crippen LogP contribution in [0.1, 0.15) is 35.4 Å². The highest BCUT2D eigenvalue weighted by atomic mass is 35.5. The molecule has 0 bridgehead atoms. The highest BCUT2D eigenvalue weighted by Gasteiger charge is 2.45. The smallest absolute Gasteiger partial charge is 0.379 e. The van der Waals surface area contributed by atoms with Crippen molar-refractivity contribution in [2.45, 2.75) is 31.4 Å². The van der Waals surface area contributed by atoms with Crippen molar-refractivity contribution in [3.05, 3.63) is 53.3 Å². The van der Waals surface area contributed by atoms with Gasteiger partial charge < -0.3 is 10.6 Å². The molecular weight excluding hydrogens is 443 g/mol. The fourth-order valence-electron chi connectivity index (χ4n) is 4.79. The van der Waals surface area contributed by atoms with Crippen LogP contribution in [0.25, 0.3) is 0 Å². The van der Waals surface area contributed by atoms with Crippen LogP contribution in [0.5, 0.6) is 0 Å². The zero-order chi connectivity index (χ0) is 22.9. The molecule has 1 saturated heterocycles. The molecule has 0 spiro atoms. The van der Waals surface area contributed by atoms with Gasteiger partial charge in [0.15, 0.2) is 5.84 Å². The second-order valence-corrected chi connectivity index (χ2v) is 8.69. The van der Waals surface area contributed by atoms with Gasteiger partial charge >= 0.3 is 6.18 Å². The summed E-state index contributed by atoms with van der Waals surface area (Å²) in [5.74, 6) is 0.0674. The number of benzene rings is 1. The lowest BCUT2D eigenvalue weighted by molar-refractivity contribution is -0.138. The van der Waals surface area contributed by atoms with Gasteiger partial charge in [0, 0.05) is 31.4 Å². The van der Waals surface area contributed by atoms with Gasteiger partial charge in [-0.2, -0.15) is 18.2 Å². The van der Waals surface area contributed by atoms with Crippen molar-refractivity contribution in [3.63, 3.8) is 0 Å². The molecular formula is C22H23ClF3N5O. The van der Waals surface area contributed by atoms with Crippen LogP contribution in [-0.4, -0.2) is 45.6 Å². The van der Waals surface area contributed by atoms with Crippen LogP contribution < -0.4 is 5.73 Å². The normalized spacial score (nSPS) is 23.4. The molecule has 2 heterocycles. The van der Waals surface area contributed by atoms with Crippen LogP contribution in [0.3, 0.4) is 0 Å². The molecule has 2 aliphatic rings. The molecule has 1 aliphatic heterocycles. The number of nitrogens with two attached hydrogens (primary N) is 1. The number of fused-ring (bicyclic) bond motifs is 1. The number of aliphatic imine (C=N–C) groups is 1. The number of alkyl halides is 4. The second-order valence-electron chi connectivity index (χ2n) is 8.31. The van der Waals surface area contributed by atoms with Crippen molar-refractivity contribution < 1.29 is 18.0 Å². The first-order chi connectivity index (χ1) is 15.3. The van der Waals surface area contributed by atoms with Gasteiger partial charge in [0.1, 0.15) is 0 Å². The van der Waals surface area contributed by atoms with E-state index in [2.05, 4.69) is 15.0 Å². The van der Waals surface area contributed by atoms with Gasteiger partial charge in [0.2, 0.25) is 0 Å². The van der Waals surface area contributed by atoms with Crippen molar-refractivity contribution in [1.82, 2.24) is 14.9 Å². The zero-order valence-corrected chi connectivity index (χ0v) is 18.0. The quantitative estimate of drug-likeness (QED) is 0.421. The molecule has 2 unspecified atom stereocenters. The van der Waals surface area contributed by atoms with Gasteiger partial charge in [-0.05, 0) is 54.2 Å². The predicted molar refractivity (Wildman–Crippen MR) is 115 cm³/mol. The van der Waals surface area contributed by atoms with E-state index in [9.17, 15) is 18.0 Å². The minimum Gasteiger partial charge on any atom is -0.379 e. The van der Waals surface area contributed by atoms with E-state index in [4.69, 9.17) is 17.3 Å². The van der Waals surface area contributed by atoms with E-state index in [-0.39, 0.29) is 29.5 Å². The fraction of sp³-hybridized carbons (Fsp3) is 0.455. The van der Waals surface area contributed by atoms with E-state index in [0.29, 0.717) is 43.8 Å². The summed E-state index contributed by atoms with van der Waals surface area (Å²) in [5, 5.41) is 0. The Bertz CT molecular complexity index is 997. The van der Waals surface area contributed by atoms with Gasteiger partial charge in [-0.25, -0.2) is 9.97 Å². The lowest BCUT2D eigenvalue weighted by atomic mass is 9.91. The average molecular weight is 466 g/mol. The van der Waals surface area contributed by atoms with Crippen molar-refractivity contribution in [1.29, 1.82) is 0 Å². The number of aromatic nitrogens is 2. The minimum atomic E-state index is -4.37. The number of halogens is 4. The molecule has 0 radical (unpaired) electrons. The Morgan fingerprint density at radius 3 is 2.38 bits per heavy atom. The number of aryl methyl sites for hydroxylation is 1. The van der Waals surface area contributed by atoms with Crippen LogP contribution in [0.15, 0.2) is 41.7 Å². The topological polar surface area (TPSA) is 84.5 Å². The van der Waals surface area contributed by atoms with Crippen LogP contribution in [0.2, 0.25) is 0 Å². The van der Waals surface area contributed by atoms with Gasteiger partial charge in [-0.15, -0.1) is 11.6 Å². The van der Waals surface area contributed by atoms with E-state index in [1.165, 1.54) is 6.07 Å². The summed E-state index contributed by atoms with van der Waals surface area (Å²) in [4.78, 5) is 26.5. The molecule has 10 heteroatoms. The fourth-order valence-corrected chi connectivity index (χ4v) is 5.01. The molecule has 170 valence electrons. The van der Waals surface area contributed by atoms with E-state index in [0.717, 1.165) is 11.6 Å². The Hall–Kier alpha value is -2.68. The summed E-state index contributed by atoms with van der Waals surface area (Å²) < 4.78 is 40.2. The van der Waals surface area contributed by atoms with Gasteiger partial charge in [-0.1, -0.05) is 18.2 Å². The summed E-state index contributed by atoms with van der Waals surface area (Å²) in [6.45, 7) is 0.917. The third-order valence-corrected chi connectivity index (χ3v) is 6.45. The summed E-state index contributed by atoms with van der Waals surface area (Å²) >= 11 is 5.68. The third kappa shape index (κ3) is 4.72. The predicted octanol–water partition coefficient (Wildman–Crippen LogP) is 3.92. The van der Waals surface area contributed by atoms with Crippen LogP contribution in [0.4, 0.5) is 19.1 Å². The molecule has 1 aromatic carbocycles. The Labute approximate surface area is 188 Å². The molecule has 1 aliphatic carbocycles. The Morgan fingerprint density at radius 2 is 1.78 bits per heavy atom. The van der Waals surface area contributed by atoms with E-state index >= 15 is 0 Å². The molecule has 1 saturated carbocycles. The number of amidine groups is 1. The number of nitrogens with zero attached hydrogens (tertiary/aromatic N) is 4. The molecule has 2 N–H and O–H groups in total. The third-order valence-electron chi connectivity index (χ3n) is 6.26. The number of rotatable bonds is 4. The van der Waals surface area contributed by atoms with Crippen molar-refractivity contribution in [3.8, 4) is 0 Å². The molecule has 1 aromatic heterocycles. The van der Waals surface area contributed by atoms with E-state index in [1.54, 1.807) is 29.4 Å². The largest absolute Gasteiger partial charge is 0.416 e. The zero-order valence-electron chi connectivity index (χ0n) is 17.2. The molecule has 4 rings (SSSR count). The highest BCUT2D eigenvalue weighted by Crippen LogP contribution is 2.48.